The van der Waals surface area contributed by atoms with E-state index in [0.717, 1.165) is 11.1 Å². The maximum Gasteiger partial charge on any atom is 0.257 e. The number of piperazine rings is 1. The van der Waals surface area contributed by atoms with Crippen LogP contribution in [0.5, 0.6) is 11.5 Å². The summed E-state index contributed by atoms with van der Waals surface area (Å²) in [5, 5.41) is 0. The molecule has 2 amide bonds. The second kappa shape index (κ2) is 10.2. The lowest BCUT2D eigenvalue weighted by Gasteiger charge is -2.37. The van der Waals surface area contributed by atoms with Gasteiger partial charge in [-0.05, 0) is 23.3 Å². The number of nitrogens with zero attached hydrogens (tertiary/aromatic N) is 2. The molecule has 3 aromatic rings. The van der Waals surface area contributed by atoms with Gasteiger partial charge in [-0.2, -0.15) is 0 Å². The van der Waals surface area contributed by atoms with E-state index in [-0.39, 0.29) is 17.7 Å². The minimum atomic E-state index is -0.367. The molecule has 0 aromatic heterocycles. The Morgan fingerprint density at radius 3 is 1.76 bits per heavy atom. The van der Waals surface area contributed by atoms with Crippen LogP contribution in [0, 0.1) is 0 Å². The van der Waals surface area contributed by atoms with Gasteiger partial charge in [-0.15, -0.1) is 0 Å². The Kier molecular flexibility index (Phi) is 6.93. The summed E-state index contributed by atoms with van der Waals surface area (Å²) in [7, 11) is 3.07. The molecule has 1 fully saturated rings. The molecule has 6 heteroatoms. The first-order chi connectivity index (χ1) is 16.1. The van der Waals surface area contributed by atoms with Crippen molar-refractivity contribution in [2.24, 2.45) is 0 Å². The summed E-state index contributed by atoms with van der Waals surface area (Å²) >= 11 is 0. The van der Waals surface area contributed by atoms with E-state index in [2.05, 4.69) is 0 Å². The monoisotopic (exact) mass is 444 g/mol. The van der Waals surface area contributed by atoms with Gasteiger partial charge >= 0.3 is 0 Å². The molecule has 0 spiro atoms. The van der Waals surface area contributed by atoms with Crippen LogP contribution in [0.15, 0.2) is 78.9 Å². The predicted octanol–water partition coefficient (Wildman–Crippen LogP) is 3.82. The zero-order valence-electron chi connectivity index (χ0n) is 18.9. The van der Waals surface area contributed by atoms with Gasteiger partial charge < -0.3 is 19.3 Å². The van der Waals surface area contributed by atoms with E-state index in [9.17, 15) is 9.59 Å². The average Bonchev–Trinajstić information content (AvgIpc) is 2.89. The number of amides is 2. The summed E-state index contributed by atoms with van der Waals surface area (Å²) in [5.41, 5.74) is 2.39. The van der Waals surface area contributed by atoms with Gasteiger partial charge in [-0.25, -0.2) is 0 Å². The first kappa shape index (κ1) is 22.4. The van der Waals surface area contributed by atoms with E-state index < -0.39 is 0 Å². The molecule has 0 saturated carbocycles. The smallest absolute Gasteiger partial charge is 0.257 e. The van der Waals surface area contributed by atoms with E-state index in [1.807, 2.05) is 65.6 Å². The van der Waals surface area contributed by atoms with Gasteiger partial charge in [0.15, 0.2) is 11.5 Å². The summed E-state index contributed by atoms with van der Waals surface area (Å²) in [6.45, 7) is 1.88. The summed E-state index contributed by atoms with van der Waals surface area (Å²) < 4.78 is 10.8. The number of methoxy groups -OCH3 is 2. The number of hydrogen-bond acceptors (Lipinski definition) is 4. The number of para-hydroxylation sites is 1. The van der Waals surface area contributed by atoms with Crippen LogP contribution in [0.3, 0.4) is 0 Å². The molecule has 0 bridgehead atoms. The maximum absolute atomic E-state index is 13.6. The van der Waals surface area contributed by atoms with Gasteiger partial charge in [0.2, 0.25) is 5.91 Å². The van der Waals surface area contributed by atoms with E-state index in [1.54, 1.807) is 30.2 Å². The van der Waals surface area contributed by atoms with Crippen molar-refractivity contribution < 1.29 is 19.1 Å². The van der Waals surface area contributed by atoms with Crippen LogP contribution < -0.4 is 9.47 Å². The third kappa shape index (κ3) is 4.70. The molecule has 0 atom stereocenters. The predicted molar refractivity (Wildman–Crippen MR) is 127 cm³/mol. The largest absolute Gasteiger partial charge is 0.493 e. The van der Waals surface area contributed by atoms with Crippen LogP contribution in [0.4, 0.5) is 0 Å². The Hall–Kier alpha value is -3.80. The number of carbonyl (C=O) groups excluding carboxylic acids is 2. The van der Waals surface area contributed by atoms with Gasteiger partial charge in [-0.3, -0.25) is 9.59 Å². The van der Waals surface area contributed by atoms with E-state index >= 15 is 0 Å². The molecule has 33 heavy (non-hydrogen) atoms. The van der Waals surface area contributed by atoms with Crippen LogP contribution in [0.2, 0.25) is 0 Å². The van der Waals surface area contributed by atoms with Crippen LogP contribution in [-0.4, -0.2) is 62.0 Å². The summed E-state index contributed by atoms with van der Waals surface area (Å²) in [4.78, 5) is 30.4. The minimum absolute atomic E-state index is 0.0541. The third-order valence-corrected chi connectivity index (χ3v) is 6.02. The molecule has 170 valence electrons. The Bertz CT molecular complexity index is 1050. The van der Waals surface area contributed by atoms with Crippen molar-refractivity contribution >= 4 is 11.8 Å². The molecule has 6 nitrogen and oxygen atoms in total. The number of benzene rings is 3. The Morgan fingerprint density at radius 1 is 0.697 bits per heavy atom. The fourth-order valence-corrected chi connectivity index (χ4v) is 4.31. The highest BCUT2D eigenvalue weighted by Crippen LogP contribution is 2.32. The number of rotatable bonds is 6. The molecular weight excluding hydrogens is 416 g/mol. The van der Waals surface area contributed by atoms with Gasteiger partial charge in [0.1, 0.15) is 0 Å². The van der Waals surface area contributed by atoms with Crippen molar-refractivity contribution in [3.05, 3.63) is 95.6 Å². The molecule has 4 rings (SSSR count). The second-order valence-electron chi connectivity index (χ2n) is 7.91. The highest BCUT2D eigenvalue weighted by atomic mass is 16.5. The van der Waals surface area contributed by atoms with Gasteiger partial charge in [0.25, 0.3) is 5.91 Å². The van der Waals surface area contributed by atoms with Crippen LogP contribution in [-0.2, 0) is 4.79 Å². The molecule has 1 heterocycles. The lowest BCUT2D eigenvalue weighted by molar-refractivity contribution is -0.133. The molecule has 0 N–H and O–H groups in total. The Morgan fingerprint density at radius 2 is 1.24 bits per heavy atom. The molecule has 0 radical (unpaired) electrons. The fraction of sp³-hybridized carbons (Fsp3) is 0.259. The lowest BCUT2D eigenvalue weighted by Crippen LogP contribution is -2.51. The Balaban J connectivity index is 1.50. The minimum Gasteiger partial charge on any atom is -0.493 e. The van der Waals surface area contributed by atoms with Gasteiger partial charge in [0.05, 0.1) is 25.7 Å². The van der Waals surface area contributed by atoms with Gasteiger partial charge in [-0.1, -0.05) is 66.7 Å². The molecular formula is C27H28N2O4. The molecule has 1 aliphatic rings. The van der Waals surface area contributed by atoms with Crippen molar-refractivity contribution in [1.29, 1.82) is 0 Å². The van der Waals surface area contributed by atoms with E-state index in [0.29, 0.717) is 43.2 Å². The summed E-state index contributed by atoms with van der Waals surface area (Å²) in [6, 6.07) is 25.0. The lowest BCUT2D eigenvalue weighted by atomic mass is 9.90. The van der Waals surface area contributed by atoms with Crippen molar-refractivity contribution in [3.8, 4) is 11.5 Å². The maximum atomic E-state index is 13.6. The highest BCUT2D eigenvalue weighted by Gasteiger charge is 2.32. The first-order valence-electron chi connectivity index (χ1n) is 11.0. The molecule has 1 aliphatic heterocycles. The van der Waals surface area contributed by atoms with Crippen molar-refractivity contribution in [2.75, 3.05) is 40.4 Å². The zero-order valence-corrected chi connectivity index (χ0v) is 18.9. The first-order valence-corrected chi connectivity index (χ1v) is 11.0. The normalized spacial score (nSPS) is 13.7. The standard InChI is InChI=1S/C27H28N2O4/c1-32-23-15-9-14-22(25(23)33-2)26(30)28-16-18-29(19-17-28)27(31)24(20-10-5-3-6-11-20)21-12-7-4-8-13-21/h3-15,24H,16-19H2,1-2H3. The number of carbonyl (C=O) groups is 2. The topological polar surface area (TPSA) is 59.1 Å². The van der Waals surface area contributed by atoms with Crippen LogP contribution >= 0.6 is 0 Å². The quantitative estimate of drug-likeness (QED) is 0.580. The van der Waals surface area contributed by atoms with Gasteiger partial charge in [0, 0.05) is 26.2 Å². The average molecular weight is 445 g/mol. The van der Waals surface area contributed by atoms with Crippen LogP contribution in [0.1, 0.15) is 27.4 Å². The van der Waals surface area contributed by atoms with Crippen LogP contribution in [0.25, 0.3) is 0 Å². The number of hydrogen-bond donors (Lipinski definition) is 0. The second-order valence-corrected chi connectivity index (χ2v) is 7.91. The summed E-state index contributed by atoms with van der Waals surface area (Å²) in [5.74, 6) is 0.509. The zero-order chi connectivity index (χ0) is 23.2. The number of ether oxygens (including phenoxy) is 2. The highest BCUT2D eigenvalue weighted by molar-refractivity contribution is 5.98. The summed E-state index contributed by atoms with van der Waals surface area (Å²) in [6.07, 6.45) is 0. The molecule has 0 aliphatic carbocycles. The SMILES string of the molecule is COc1cccc(C(=O)N2CCN(C(=O)C(c3ccccc3)c3ccccc3)CC2)c1OC. The molecule has 0 unspecified atom stereocenters. The molecule has 3 aromatic carbocycles. The third-order valence-electron chi connectivity index (χ3n) is 6.02. The fourth-order valence-electron chi connectivity index (χ4n) is 4.31. The Labute approximate surface area is 194 Å². The van der Waals surface area contributed by atoms with Crippen molar-refractivity contribution in [2.45, 2.75) is 5.92 Å². The van der Waals surface area contributed by atoms with Crippen molar-refractivity contribution in [1.82, 2.24) is 9.80 Å². The van der Waals surface area contributed by atoms with E-state index in [4.69, 9.17) is 9.47 Å². The molecule has 1 saturated heterocycles. The van der Waals surface area contributed by atoms with Crippen molar-refractivity contribution in [3.63, 3.8) is 0 Å². The van der Waals surface area contributed by atoms with E-state index in [1.165, 1.54) is 7.11 Å².